The number of carboxylic acid groups (broad SMARTS) is 1. The summed E-state index contributed by atoms with van der Waals surface area (Å²) >= 11 is 5.94. The number of likely N-dealkylation sites (tertiary alicyclic amines) is 1. The van der Waals surface area contributed by atoms with Gasteiger partial charge in [-0.3, -0.25) is 14.3 Å². The highest BCUT2D eigenvalue weighted by Gasteiger charge is 2.46. The lowest BCUT2D eigenvalue weighted by molar-refractivity contribution is -0.145. The van der Waals surface area contributed by atoms with E-state index < -0.39 is 29.9 Å². The van der Waals surface area contributed by atoms with Crippen LogP contribution in [-0.2, 0) is 19.9 Å². The average Bonchev–Trinajstić information content (AvgIpc) is 3.31. The zero-order chi connectivity index (χ0) is 26.5. The highest BCUT2D eigenvalue weighted by Crippen LogP contribution is 2.37. The normalized spacial score (nSPS) is 16.8. The van der Waals surface area contributed by atoms with Crippen molar-refractivity contribution in [1.29, 1.82) is 0 Å². The molecule has 1 saturated heterocycles. The predicted molar refractivity (Wildman–Crippen MR) is 130 cm³/mol. The minimum Gasteiger partial charge on any atom is -0.481 e. The fourth-order valence-corrected chi connectivity index (χ4v) is 4.66. The van der Waals surface area contributed by atoms with E-state index in [1.807, 2.05) is 24.8 Å². The third-order valence-electron chi connectivity index (χ3n) is 6.38. The third-order valence-corrected chi connectivity index (χ3v) is 6.61. The maximum atomic E-state index is 13.8. The van der Waals surface area contributed by atoms with Crippen molar-refractivity contribution in [1.82, 2.24) is 14.7 Å². The number of methoxy groups -OCH3 is 1. The molecule has 1 aliphatic rings. The van der Waals surface area contributed by atoms with Gasteiger partial charge in [-0.05, 0) is 37.0 Å². The molecule has 9 nitrogen and oxygen atoms in total. The molecule has 0 bridgehead atoms. The fraction of sp³-hybridized carbons (Fsp3) is 0.542. The van der Waals surface area contributed by atoms with E-state index in [0.717, 1.165) is 5.69 Å². The predicted octanol–water partition coefficient (Wildman–Crippen LogP) is 4.04. The number of anilines is 1. The fourth-order valence-electron chi connectivity index (χ4n) is 4.50. The van der Waals surface area contributed by atoms with E-state index in [2.05, 4.69) is 15.2 Å². The van der Waals surface area contributed by atoms with Gasteiger partial charge in [0.15, 0.2) is 5.75 Å². The number of carbonyl (C=O) groups is 2. The van der Waals surface area contributed by atoms with Crippen LogP contribution >= 0.6 is 11.6 Å². The summed E-state index contributed by atoms with van der Waals surface area (Å²) < 4.78 is 37.3. The Labute approximate surface area is 213 Å². The second kappa shape index (κ2) is 12.0. The van der Waals surface area contributed by atoms with Crippen LogP contribution in [0.1, 0.15) is 38.3 Å². The van der Waals surface area contributed by atoms with Gasteiger partial charge < -0.3 is 24.8 Å². The number of carboxylic acids is 1. The Hall–Kier alpha value is -2.76. The molecule has 1 amide bonds. The van der Waals surface area contributed by atoms with E-state index in [0.29, 0.717) is 25.9 Å². The van der Waals surface area contributed by atoms with E-state index in [4.69, 9.17) is 16.3 Å². The minimum absolute atomic E-state index is 0.0655. The number of rotatable bonds is 11. The van der Waals surface area contributed by atoms with Gasteiger partial charge in [0, 0.05) is 49.7 Å². The molecule has 198 valence electrons. The molecule has 0 saturated carbocycles. The summed E-state index contributed by atoms with van der Waals surface area (Å²) in [4.78, 5) is 27.4. The van der Waals surface area contributed by atoms with E-state index in [-0.39, 0.29) is 35.5 Å². The zero-order valence-corrected chi connectivity index (χ0v) is 21.2. The number of hydrogen-bond acceptors (Lipinski definition) is 6. The van der Waals surface area contributed by atoms with Crippen molar-refractivity contribution in [2.45, 2.75) is 44.8 Å². The van der Waals surface area contributed by atoms with Crippen LogP contribution in [-0.4, -0.2) is 71.6 Å². The van der Waals surface area contributed by atoms with Gasteiger partial charge in [0.1, 0.15) is 5.54 Å². The second-order valence-electron chi connectivity index (χ2n) is 9.12. The van der Waals surface area contributed by atoms with Gasteiger partial charge >= 0.3 is 12.6 Å². The maximum Gasteiger partial charge on any atom is 0.387 e. The topological polar surface area (TPSA) is 106 Å². The van der Waals surface area contributed by atoms with Crippen molar-refractivity contribution in [3.05, 3.63) is 41.2 Å². The lowest BCUT2D eigenvalue weighted by atomic mass is 9.85. The standard InChI is InChI=1S/C24H31ClF2N4O5/c1-15(2)19-6-9-28-31(19)24(7-10-30(11-8-24)13-16(14-35-3)21(32)33)22(34)29-18-5-4-17(25)12-20(18)36-23(26)27/h4-6,9,12,15-16,23H,7-8,10-11,13-14H2,1-3H3,(H,29,34)(H,32,33)/t16-/m1/s1. The molecule has 2 heterocycles. The van der Waals surface area contributed by atoms with Gasteiger partial charge in [0.25, 0.3) is 5.91 Å². The largest absolute Gasteiger partial charge is 0.481 e. The molecule has 1 aliphatic heterocycles. The Morgan fingerprint density at radius 1 is 1.25 bits per heavy atom. The molecule has 1 aromatic carbocycles. The number of nitrogens with zero attached hydrogens (tertiary/aromatic N) is 3. The number of amides is 1. The number of aromatic nitrogens is 2. The molecular formula is C24H31ClF2N4O5. The summed E-state index contributed by atoms with van der Waals surface area (Å²) in [6, 6.07) is 5.95. The lowest BCUT2D eigenvalue weighted by Gasteiger charge is -2.42. The van der Waals surface area contributed by atoms with E-state index in [1.165, 1.54) is 25.3 Å². The molecule has 0 unspecified atom stereocenters. The van der Waals surface area contributed by atoms with Crippen LogP contribution in [0.3, 0.4) is 0 Å². The van der Waals surface area contributed by atoms with Crippen LogP contribution in [0.25, 0.3) is 0 Å². The number of aliphatic carboxylic acids is 1. The van der Waals surface area contributed by atoms with Gasteiger partial charge in [0.05, 0.1) is 18.2 Å². The molecule has 12 heteroatoms. The van der Waals surface area contributed by atoms with Crippen molar-refractivity contribution in [3.8, 4) is 5.75 Å². The quantitative estimate of drug-likeness (QED) is 0.453. The van der Waals surface area contributed by atoms with Crippen LogP contribution in [0.2, 0.25) is 5.02 Å². The number of benzene rings is 1. The molecule has 1 fully saturated rings. The van der Waals surface area contributed by atoms with Crippen molar-refractivity contribution in [3.63, 3.8) is 0 Å². The van der Waals surface area contributed by atoms with Crippen molar-refractivity contribution >= 4 is 29.2 Å². The smallest absolute Gasteiger partial charge is 0.387 e. The number of ether oxygens (including phenoxy) is 2. The van der Waals surface area contributed by atoms with Gasteiger partial charge in [0.2, 0.25) is 0 Å². The summed E-state index contributed by atoms with van der Waals surface area (Å²) in [6.07, 6.45) is 2.29. The Kier molecular flexibility index (Phi) is 9.26. The molecule has 0 spiro atoms. The molecule has 2 aromatic rings. The first-order valence-electron chi connectivity index (χ1n) is 11.6. The molecule has 2 N–H and O–H groups in total. The zero-order valence-electron chi connectivity index (χ0n) is 20.4. The van der Waals surface area contributed by atoms with Crippen LogP contribution in [0.5, 0.6) is 5.75 Å². The number of piperidine rings is 1. The van der Waals surface area contributed by atoms with Crippen molar-refractivity contribution < 1.29 is 33.0 Å². The van der Waals surface area contributed by atoms with Gasteiger partial charge in [-0.1, -0.05) is 25.4 Å². The van der Waals surface area contributed by atoms with Crippen molar-refractivity contribution in [2.75, 3.05) is 38.7 Å². The first-order valence-corrected chi connectivity index (χ1v) is 12.0. The minimum atomic E-state index is -3.09. The lowest BCUT2D eigenvalue weighted by Crippen LogP contribution is -2.55. The third kappa shape index (κ3) is 6.32. The van der Waals surface area contributed by atoms with Crippen molar-refractivity contribution in [2.24, 2.45) is 5.92 Å². The summed E-state index contributed by atoms with van der Waals surface area (Å²) in [7, 11) is 1.45. The molecule has 36 heavy (non-hydrogen) atoms. The van der Waals surface area contributed by atoms with E-state index in [9.17, 15) is 23.5 Å². The van der Waals surface area contributed by atoms with Crippen LogP contribution < -0.4 is 10.1 Å². The highest BCUT2D eigenvalue weighted by atomic mass is 35.5. The van der Waals surface area contributed by atoms with Crippen LogP contribution in [0.15, 0.2) is 30.5 Å². The van der Waals surface area contributed by atoms with Gasteiger partial charge in [-0.2, -0.15) is 13.9 Å². The molecule has 0 aliphatic carbocycles. The Bertz CT molecular complexity index is 1060. The molecule has 0 radical (unpaired) electrons. The summed E-state index contributed by atoms with van der Waals surface area (Å²) in [5.74, 6) is -2.25. The monoisotopic (exact) mass is 528 g/mol. The number of nitrogens with one attached hydrogen (secondary N) is 1. The SMILES string of the molecule is COC[C@@H](CN1CCC(C(=O)Nc2ccc(Cl)cc2OC(F)F)(n2nccc2C(C)C)CC1)C(=O)O. The Morgan fingerprint density at radius 2 is 1.94 bits per heavy atom. The molecule has 1 atom stereocenters. The first kappa shape index (κ1) is 27.8. The summed E-state index contributed by atoms with van der Waals surface area (Å²) in [6.45, 7) is 2.11. The van der Waals surface area contributed by atoms with Crippen LogP contribution in [0.4, 0.5) is 14.5 Å². The van der Waals surface area contributed by atoms with Gasteiger partial charge in [-0.25, -0.2) is 0 Å². The van der Waals surface area contributed by atoms with Crippen LogP contribution in [0, 0.1) is 5.92 Å². The summed E-state index contributed by atoms with van der Waals surface area (Å²) in [5.41, 5.74) is -0.209. The average molecular weight is 529 g/mol. The number of hydrogen-bond donors (Lipinski definition) is 2. The van der Waals surface area contributed by atoms with E-state index in [1.54, 1.807) is 10.9 Å². The Morgan fingerprint density at radius 3 is 2.53 bits per heavy atom. The molecule has 3 rings (SSSR count). The number of halogens is 3. The number of alkyl halides is 2. The first-order chi connectivity index (χ1) is 17.1. The molecular weight excluding hydrogens is 498 g/mol. The van der Waals surface area contributed by atoms with Gasteiger partial charge in [-0.15, -0.1) is 0 Å². The molecule has 1 aromatic heterocycles. The maximum absolute atomic E-state index is 13.8. The number of carbonyl (C=O) groups excluding carboxylic acids is 1. The Balaban J connectivity index is 1.91. The summed E-state index contributed by atoms with van der Waals surface area (Å²) in [5, 5.41) is 16.9. The second-order valence-corrected chi connectivity index (χ2v) is 9.55. The van der Waals surface area contributed by atoms with E-state index >= 15 is 0 Å². The highest BCUT2D eigenvalue weighted by molar-refractivity contribution is 6.30.